The van der Waals surface area contributed by atoms with E-state index in [4.69, 9.17) is 29.4 Å². The fourth-order valence-corrected chi connectivity index (χ4v) is 9.98. The van der Waals surface area contributed by atoms with E-state index in [-0.39, 0.29) is 30.0 Å². The predicted octanol–water partition coefficient (Wildman–Crippen LogP) is -1.56. The second-order valence-corrected chi connectivity index (χ2v) is 19.3. The quantitative estimate of drug-likeness (QED) is 0.0465. The summed E-state index contributed by atoms with van der Waals surface area (Å²) in [5.41, 5.74) is 3.11. The van der Waals surface area contributed by atoms with Gasteiger partial charge in [-0.05, 0) is 33.1 Å². The average molecular weight is 1040 g/mol. The molecule has 10 rings (SSSR count). The molecule has 6 aromatic rings. The minimum atomic E-state index is -1.49. The number of aromatic nitrogens is 12. The third kappa shape index (κ3) is 10.7. The average Bonchev–Trinajstić information content (AvgIpc) is 4.31. The Morgan fingerprint density at radius 2 is 1.05 bits per heavy atom. The molecule has 0 saturated carbocycles. The number of aryl methyl sites for hydroxylation is 2. The van der Waals surface area contributed by atoms with Crippen molar-refractivity contribution in [1.82, 2.24) is 78.6 Å². The van der Waals surface area contributed by atoms with Crippen molar-refractivity contribution in [1.29, 1.82) is 0 Å². The first-order valence-corrected chi connectivity index (χ1v) is 25.3. The van der Waals surface area contributed by atoms with E-state index in [2.05, 4.69) is 51.8 Å². The molecule has 75 heavy (non-hydrogen) atoms. The lowest BCUT2D eigenvalue weighted by Gasteiger charge is -2.35. The van der Waals surface area contributed by atoms with Crippen molar-refractivity contribution in [2.75, 3.05) is 73.6 Å². The van der Waals surface area contributed by atoms with Crippen LogP contribution in [-0.4, -0.2) is 207 Å². The largest absolute Gasteiger partial charge is 0.387 e. The molecule has 9 atom stereocenters. The minimum absolute atomic E-state index is 0.0925. The highest BCUT2D eigenvalue weighted by Crippen LogP contribution is 2.36. The number of imidazole rings is 4. The number of amides is 4. The van der Waals surface area contributed by atoms with Gasteiger partial charge in [0.25, 0.3) is 11.8 Å². The van der Waals surface area contributed by atoms with E-state index in [1.165, 1.54) is 21.8 Å². The molecule has 4 aliphatic rings. The van der Waals surface area contributed by atoms with Crippen molar-refractivity contribution in [3.05, 3.63) is 49.1 Å². The normalized spacial score (nSPS) is 25.1. The van der Waals surface area contributed by atoms with Gasteiger partial charge in [-0.25, -0.2) is 24.7 Å². The molecule has 0 aliphatic carbocycles. The summed E-state index contributed by atoms with van der Waals surface area (Å²) in [6.45, 7) is 6.84. The van der Waals surface area contributed by atoms with Gasteiger partial charge in [0.05, 0.1) is 36.7 Å². The summed E-state index contributed by atoms with van der Waals surface area (Å²) in [4.78, 5) is 80.3. The molecule has 10 N–H and O–H groups in total. The fraction of sp³-hybridized carbons (Fsp3) is 0.587. The monoisotopic (exact) mass is 1040 g/mol. The lowest BCUT2D eigenvalue weighted by molar-refractivity contribution is -0.138. The van der Waals surface area contributed by atoms with Crippen molar-refractivity contribution >= 4 is 63.7 Å². The van der Waals surface area contributed by atoms with Gasteiger partial charge >= 0.3 is 6.03 Å². The summed E-state index contributed by atoms with van der Waals surface area (Å²) in [5, 5.41) is 62.7. The molecule has 4 aliphatic heterocycles. The van der Waals surface area contributed by atoms with Gasteiger partial charge in [-0.15, -0.1) is 0 Å². The Bertz CT molecular complexity index is 2990. The van der Waals surface area contributed by atoms with Gasteiger partial charge in [0.1, 0.15) is 24.4 Å². The van der Waals surface area contributed by atoms with Gasteiger partial charge < -0.3 is 80.7 Å². The van der Waals surface area contributed by atoms with Crippen LogP contribution in [0.4, 0.5) is 28.3 Å². The number of likely N-dealkylation sites (N-methyl/N-ethyl adjacent to an activating group) is 2. The van der Waals surface area contributed by atoms with E-state index in [1.54, 1.807) is 26.5 Å². The number of piperidine rings is 1. The van der Waals surface area contributed by atoms with E-state index >= 15 is 0 Å². The maximum atomic E-state index is 14.1. The standard InChI is InChI=1S/C46H64N20O9/c1-5-47-40(71)34-30(67)32(69)42(74-34)65-22-53-28-36(57-44(59-38(28)65)49-12-7-25-17-61(3)20-51-25)55-24-9-14-63(15-10-24)46(73)64-16-11-27(19-64)56-37-29-39(60-45(58-37)50-13-8-26-18-62(4)21-52-26)66(23-54-29)43-33(70)31(68)35(75-43)41(72)48-6-2/h17-18,20-24,27,30-35,42-43,67-70H,5-16,19H2,1-4H3,(H,47,71)(H,48,72)(H2,49,55,57,59)(H2,50,56,58,60)/t27-,30+,31+,32-,33-,34+,35+,42-,43-/m1/s1. The van der Waals surface area contributed by atoms with E-state index in [0.29, 0.717) is 118 Å². The molecule has 0 radical (unpaired) electrons. The molecule has 10 heterocycles. The van der Waals surface area contributed by atoms with E-state index in [0.717, 1.165) is 11.4 Å². The van der Waals surface area contributed by atoms with Crippen LogP contribution in [0, 0.1) is 0 Å². The number of nitrogens with zero attached hydrogens (tertiary/aromatic N) is 14. The summed E-state index contributed by atoms with van der Waals surface area (Å²) < 4.78 is 18.6. The van der Waals surface area contributed by atoms with Crippen LogP contribution in [0.1, 0.15) is 57.0 Å². The molecule has 0 unspecified atom stereocenters. The number of rotatable bonds is 18. The maximum Gasteiger partial charge on any atom is 0.320 e. The number of likely N-dealkylation sites (tertiary alicyclic amines) is 2. The summed E-state index contributed by atoms with van der Waals surface area (Å²) in [6, 6.07) is -0.403. The van der Waals surface area contributed by atoms with E-state index < -0.39 is 60.9 Å². The van der Waals surface area contributed by atoms with Crippen molar-refractivity contribution in [3.8, 4) is 0 Å². The second kappa shape index (κ2) is 21.9. The van der Waals surface area contributed by atoms with Crippen molar-refractivity contribution in [2.24, 2.45) is 14.1 Å². The first-order valence-electron chi connectivity index (χ1n) is 25.3. The smallest absolute Gasteiger partial charge is 0.320 e. The number of carbonyl (C=O) groups is 3. The molecule has 4 amide bonds. The highest BCUT2D eigenvalue weighted by atomic mass is 16.6. The number of urea groups is 1. The Balaban J connectivity index is 0.806. The maximum absolute atomic E-state index is 14.1. The fourth-order valence-electron chi connectivity index (χ4n) is 9.98. The molecule has 4 saturated heterocycles. The first-order chi connectivity index (χ1) is 36.3. The molecule has 0 bridgehead atoms. The third-order valence-electron chi connectivity index (χ3n) is 13.8. The minimum Gasteiger partial charge on any atom is -0.387 e. The molecule has 0 spiro atoms. The van der Waals surface area contributed by atoms with Gasteiger partial charge in [0.2, 0.25) is 11.9 Å². The lowest BCUT2D eigenvalue weighted by atomic mass is 10.1. The van der Waals surface area contributed by atoms with Crippen LogP contribution in [0.5, 0.6) is 0 Å². The van der Waals surface area contributed by atoms with Crippen LogP contribution in [-0.2, 0) is 46.0 Å². The molecule has 6 aromatic heterocycles. The van der Waals surface area contributed by atoms with Gasteiger partial charge in [0, 0.05) is 104 Å². The zero-order chi connectivity index (χ0) is 52.5. The zero-order valence-corrected chi connectivity index (χ0v) is 42.0. The van der Waals surface area contributed by atoms with Crippen molar-refractivity contribution in [3.63, 3.8) is 0 Å². The number of anilines is 4. The molecule has 29 nitrogen and oxygen atoms in total. The third-order valence-corrected chi connectivity index (χ3v) is 13.8. The van der Waals surface area contributed by atoms with Crippen LogP contribution in [0.25, 0.3) is 22.3 Å². The summed E-state index contributed by atoms with van der Waals surface area (Å²) in [5.74, 6) is 0.256. The van der Waals surface area contributed by atoms with Gasteiger partial charge in [-0.3, -0.25) is 18.7 Å². The number of fused-ring (bicyclic) bond motifs is 2. The van der Waals surface area contributed by atoms with Crippen LogP contribution >= 0.6 is 0 Å². The molecule has 4 fully saturated rings. The van der Waals surface area contributed by atoms with Crippen LogP contribution in [0.15, 0.2) is 37.7 Å². The predicted molar refractivity (Wildman–Crippen MR) is 268 cm³/mol. The first kappa shape index (κ1) is 51.2. The summed E-state index contributed by atoms with van der Waals surface area (Å²) >= 11 is 0. The van der Waals surface area contributed by atoms with E-state index in [1.807, 2.05) is 45.4 Å². The van der Waals surface area contributed by atoms with Gasteiger partial charge in [-0.1, -0.05) is 0 Å². The number of nitrogens with one attached hydrogen (secondary N) is 6. The van der Waals surface area contributed by atoms with E-state index in [9.17, 15) is 34.8 Å². The van der Waals surface area contributed by atoms with Gasteiger partial charge in [-0.2, -0.15) is 19.9 Å². The van der Waals surface area contributed by atoms with Crippen LogP contribution in [0.3, 0.4) is 0 Å². The molecular weight excluding hydrogens is 977 g/mol. The number of ether oxygens (including phenoxy) is 2. The molecule has 0 aromatic carbocycles. The van der Waals surface area contributed by atoms with Crippen LogP contribution in [0.2, 0.25) is 0 Å². The number of hydrogen-bond donors (Lipinski definition) is 10. The Labute approximate surface area is 429 Å². The molecule has 29 heteroatoms. The topological polar surface area (TPSA) is 352 Å². The Morgan fingerprint density at radius 3 is 1.51 bits per heavy atom. The Morgan fingerprint density at radius 1 is 0.600 bits per heavy atom. The summed E-state index contributed by atoms with van der Waals surface area (Å²) in [6.07, 6.45) is 2.30. The number of carbonyl (C=O) groups excluding carboxylic acids is 3. The summed E-state index contributed by atoms with van der Waals surface area (Å²) in [7, 11) is 3.79. The molecule has 402 valence electrons. The number of aliphatic hydroxyl groups is 4. The SMILES string of the molecule is CCNC(=O)[C@H]1O[C@@H](n2cnc3c(NC4CCN(C(=O)N5CC[C@@H](Nc6nc(NCCc7cn(C)cn7)nc7c6ncn7[C@@H]6O[C@H](C(=O)NCC)[C@@H](O)[C@H]6O)C5)CC4)nc(NCCc4cn(C)cn4)nc32)[C@H](O)[C@@H]1O. The highest BCUT2D eigenvalue weighted by molar-refractivity contribution is 5.86. The van der Waals surface area contributed by atoms with Crippen LogP contribution < -0.4 is 31.9 Å². The van der Waals surface area contributed by atoms with Gasteiger partial charge in [0.15, 0.2) is 58.6 Å². The second-order valence-electron chi connectivity index (χ2n) is 19.3. The molecular formula is C46H64N20O9. The Kier molecular flexibility index (Phi) is 14.9. The number of hydrogen-bond acceptors (Lipinski definition) is 21. The Hall–Kier alpha value is -7.31. The zero-order valence-electron chi connectivity index (χ0n) is 42.0. The highest BCUT2D eigenvalue weighted by Gasteiger charge is 2.49. The van der Waals surface area contributed by atoms with Crippen molar-refractivity contribution in [2.45, 2.75) is 107 Å². The lowest BCUT2D eigenvalue weighted by Crippen LogP contribution is -2.48. The van der Waals surface area contributed by atoms with Crippen molar-refractivity contribution < 1.29 is 44.3 Å². The number of aliphatic hydroxyl groups excluding tert-OH is 4.